The van der Waals surface area contributed by atoms with Crippen molar-refractivity contribution in [3.8, 4) is 0 Å². The Hall–Kier alpha value is -0.410. The molecular weight excluding hydrogens is 459 g/mol. The lowest BCUT2D eigenvalue weighted by Crippen LogP contribution is -2.40. The quantitative estimate of drug-likeness (QED) is 0.293. The van der Waals surface area contributed by atoms with Gasteiger partial charge in [0.05, 0.1) is 11.1 Å². The van der Waals surface area contributed by atoms with Crippen molar-refractivity contribution in [2.75, 3.05) is 26.7 Å². The van der Waals surface area contributed by atoms with Crippen LogP contribution in [0.2, 0.25) is 0 Å². The first kappa shape index (κ1) is 23.6. The van der Waals surface area contributed by atoms with Crippen LogP contribution in [0.25, 0.3) is 0 Å². The average Bonchev–Trinajstić information content (AvgIpc) is 3.31. The second-order valence-electron chi connectivity index (χ2n) is 6.58. The molecule has 1 unspecified atom stereocenters. The van der Waals surface area contributed by atoms with Crippen LogP contribution < -0.4 is 10.6 Å². The van der Waals surface area contributed by atoms with Crippen molar-refractivity contribution in [2.24, 2.45) is 10.9 Å². The molecule has 1 aromatic heterocycles. The van der Waals surface area contributed by atoms with Gasteiger partial charge >= 0.3 is 0 Å². The van der Waals surface area contributed by atoms with Gasteiger partial charge in [-0.05, 0) is 38.5 Å². The molecule has 0 radical (unpaired) electrons. The lowest BCUT2D eigenvalue weighted by Gasteiger charge is -2.24. The van der Waals surface area contributed by atoms with Crippen LogP contribution >= 0.6 is 35.3 Å². The summed E-state index contributed by atoms with van der Waals surface area (Å²) >= 11 is 1.81. The maximum atomic E-state index is 5.99. The molecule has 0 spiro atoms. The predicted octanol–water partition coefficient (Wildman–Crippen LogP) is 4.02. The summed E-state index contributed by atoms with van der Waals surface area (Å²) in [5.41, 5.74) is 0. The number of halogens is 1. The Morgan fingerprint density at radius 2 is 2.04 bits per heavy atom. The van der Waals surface area contributed by atoms with Gasteiger partial charge in [0.25, 0.3) is 0 Å². The van der Waals surface area contributed by atoms with Gasteiger partial charge in [-0.3, -0.25) is 4.99 Å². The number of hydrogen-bond acceptors (Lipinski definition) is 4. The minimum Gasteiger partial charge on any atom is -0.378 e. The average molecular weight is 494 g/mol. The van der Waals surface area contributed by atoms with E-state index in [0.717, 1.165) is 50.8 Å². The normalized spacial score (nSPS) is 16.3. The highest BCUT2D eigenvalue weighted by Crippen LogP contribution is 2.30. The molecule has 1 heterocycles. The molecule has 0 aliphatic heterocycles. The summed E-state index contributed by atoms with van der Waals surface area (Å²) in [6.07, 6.45) is 10.8. The van der Waals surface area contributed by atoms with E-state index in [4.69, 9.17) is 4.74 Å². The number of ether oxygens (including phenoxy) is 1. The molecule has 0 aromatic carbocycles. The van der Waals surface area contributed by atoms with Crippen LogP contribution in [0.5, 0.6) is 0 Å². The summed E-state index contributed by atoms with van der Waals surface area (Å²) in [4.78, 5) is 10.1. The Morgan fingerprint density at radius 1 is 1.31 bits per heavy atom. The van der Waals surface area contributed by atoms with Gasteiger partial charge in [0, 0.05) is 44.2 Å². The summed E-state index contributed by atoms with van der Waals surface area (Å²) in [6, 6.07) is 0. The zero-order valence-corrected chi connectivity index (χ0v) is 19.6. The van der Waals surface area contributed by atoms with E-state index in [1.54, 1.807) is 11.3 Å². The van der Waals surface area contributed by atoms with Crippen LogP contribution in [0, 0.1) is 5.92 Å². The predicted molar refractivity (Wildman–Crippen MR) is 122 cm³/mol. The third-order valence-electron chi connectivity index (χ3n) is 4.83. The highest BCUT2D eigenvalue weighted by Gasteiger charge is 2.25. The number of hydrogen-bond donors (Lipinski definition) is 2. The first-order valence-electron chi connectivity index (χ1n) is 9.76. The van der Waals surface area contributed by atoms with Crippen LogP contribution in [0.4, 0.5) is 0 Å². The van der Waals surface area contributed by atoms with Gasteiger partial charge < -0.3 is 15.4 Å². The summed E-state index contributed by atoms with van der Waals surface area (Å²) in [5, 5.41) is 8.00. The van der Waals surface area contributed by atoms with E-state index in [-0.39, 0.29) is 24.0 Å². The second kappa shape index (κ2) is 13.7. The van der Waals surface area contributed by atoms with Crippen molar-refractivity contribution in [1.82, 2.24) is 15.6 Å². The molecule has 2 N–H and O–H groups in total. The van der Waals surface area contributed by atoms with E-state index >= 15 is 0 Å². The SMILES string of the molecule is CCOC(CCNC(=NC)NCCc1ncc(CC)s1)C1CCCC1.I. The molecule has 2 rings (SSSR count). The molecule has 1 aromatic rings. The lowest BCUT2D eigenvalue weighted by atomic mass is 9.98. The number of aromatic nitrogens is 1. The molecule has 150 valence electrons. The van der Waals surface area contributed by atoms with Crippen molar-refractivity contribution in [3.05, 3.63) is 16.1 Å². The largest absolute Gasteiger partial charge is 0.378 e. The summed E-state index contributed by atoms with van der Waals surface area (Å²) < 4.78 is 5.99. The standard InChI is InChI=1S/C19H34N4OS.HI/c1-4-16-14-23-18(25-16)11-13-22-19(20-3)21-12-10-17(24-5-2)15-8-6-7-9-15;/h14-15,17H,4-13H2,1-3H3,(H2,20,21,22);1H. The number of rotatable bonds is 10. The second-order valence-corrected chi connectivity index (χ2v) is 7.78. The van der Waals surface area contributed by atoms with Gasteiger partial charge in [-0.2, -0.15) is 0 Å². The molecule has 7 heteroatoms. The third-order valence-corrected chi connectivity index (χ3v) is 6.03. The molecule has 0 bridgehead atoms. The number of guanidine groups is 1. The lowest BCUT2D eigenvalue weighted by molar-refractivity contribution is 0.0169. The Bertz CT molecular complexity index is 517. The monoisotopic (exact) mass is 494 g/mol. The van der Waals surface area contributed by atoms with E-state index < -0.39 is 0 Å². The minimum atomic E-state index is 0. The van der Waals surface area contributed by atoms with E-state index in [2.05, 4.69) is 34.5 Å². The fourth-order valence-corrected chi connectivity index (χ4v) is 4.33. The van der Waals surface area contributed by atoms with Gasteiger partial charge in [-0.25, -0.2) is 4.98 Å². The van der Waals surface area contributed by atoms with E-state index in [1.165, 1.54) is 35.6 Å². The van der Waals surface area contributed by atoms with Crippen LogP contribution in [0.1, 0.15) is 55.8 Å². The van der Waals surface area contributed by atoms with Crippen molar-refractivity contribution in [3.63, 3.8) is 0 Å². The summed E-state index contributed by atoms with van der Waals surface area (Å²) in [5.74, 6) is 1.61. The molecule has 1 saturated carbocycles. The first-order chi connectivity index (χ1) is 12.3. The maximum Gasteiger partial charge on any atom is 0.190 e. The number of aliphatic imine (C=N–C) groups is 1. The molecule has 0 saturated heterocycles. The third kappa shape index (κ3) is 8.08. The van der Waals surface area contributed by atoms with Gasteiger partial charge in [0.1, 0.15) is 0 Å². The van der Waals surface area contributed by atoms with Gasteiger partial charge in [0.2, 0.25) is 0 Å². The summed E-state index contributed by atoms with van der Waals surface area (Å²) in [7, 11) is 1.82. The topological polar surface area (TPSA) is 58.5 Å². The van der Waals surface area contributed by atoms with Gasteiger partial charge in [-0.15, -0.1) is 35.3 Å². The zero-order valence-electron chi connectivity index (χ0n) is 16.4. The van der Waals surface area contributed by atoms with Crippen LogP contribution in [0.15, 0.2) is 11.2 Å². The number of nitrogens with zero attached hydrogens (tertiary/aromatic N) is 2. The Morgan fingerprint density at radius 3 is 2.65 bits per heavy atom. The Balaban J connectivity index is 0.00000338. The fourth-order valence-electron chi connectivity index (χ4n) is 3.47. The Kier molecular flexibility index (Phi) is 12.5. The molecule has 5 nitrogen and oxygen atoms in total. The molecule has 26 heavy (non-hydrogen) atoms. The number of aryl methyl sites for hydroxylation is 1. The molecular formula is C19H35IN4OS. The molecule has 1 aliphatic rings. The maximum absolute atomic E-state index is 5.99. The van der Waals surface area contributed by atoms with Crippen molar-refractivity contribution in [1.29, 1.82) is 0 Å². The van der Waals surface area contributed by atoms with Crippen LogP contribution in [0.3, 0.4) is 0 Å². The first-order valence-corrected chi connectivity index (χ1v) is 10.6. The minimum absolute atomic E-state index is 0. The Labute approximate surface area is 179 Å². The van der Waals surface area contributed by atoms with Crippen molar-refractivity contribution >= 4 is 41.3 Å². The molecule has 1 fully saturated rings. The van der Waals surface area contributed by atoms with Crippen molar-refractivity contribution in [2.45, 2.75) is 64.9 Å². The van der Waals surface area contributed by atoms with Crippen LogP contribution in [-0.4, -0.2) is 43.8 Å². The molecule has 0 amide bonds. The van der Waals surface area contributed by atoms with E-state index in [0.29, 0.717) is 6.10 Å². The number of thiazole rings is 1. The molecule has 1 atom stereocenters. The van der Waals surface area contributed by atoms with Gasteiger partial charge in [0.15, 0.2) is 5.96 Å². The smallest absolute Gasteiger partial charge is 0.190 e. The van der Waals surface area contributed by atoms with E-state index in [1.807, 2.05) is 13.2 Å². The van der Waals surface area contributed by atoms with Crippen LogP contribution in [-0.2, 0) is 17.6 Å². The van der Waals surface area contributed by atoms with E-state index in [9.17, 15) is 0 Å². The fraction of sp³-hybridized carbons (Fsp3) is 0.789. The van der Waals surface area contributed by atoms with Crippen molar-refractivity contribution < 1.29 is 4.74 Å². The number of nitrogens with one attached hydrogen (secondary N) is 2. The highest BCUT2D eigenvalue weighted by molar-refractivity contribution is 14.0. The summed E-state index contributed by atoms with van der Waals surface area (Å²) in [6.45, 7) is 6.83. The zero-order chi connectivity index (χ0) is 17.9. The molecule has 1 aliphatic carbocycles. The highest BCUT2D eigenvalue weighted by atomic mass is 127. The van der Waals surface area contributed by atoms with Gasteiger partial charge in [-0.1, -0.05) is 19.8 Å².